The monoisotopic (exact) mass is 328 g/mol. The normalized spacial score (nSPS) is 35.9. The summed E-state index contributed by atoms with van der Waals surface area (Å²) in [5.74, 6) is 0. The molecule has 22 heavy (non-hydrogen) atoms. The fourth-order valence-corrected chi connectivity index (χ4v) is 3.71. The standard InChI is InChI=1S/C15H25N2O4P/c1-9-10(8-16-14(20)17-9)12-11(18)13(19)15(2,21-12)6-7-22(3,4)5/h8,11-13,18-19H,1,3,6-7H2,2,4-5H3,(H2,16,17,20)/t11?,12-,13-,15+/m0/s1. The molecule has 4 atom stereocenters. The van der Waals surface area contributed by atoms with E-state index in [0.29, 0.717) is 17.7 Å². The fourth-order valence-electron chi connectivity index (χ4n) is 2.66. The molecule has 1 fully saturated rings. The lowest BCUT2D eigenvalue weighted by Crippen LogP contribution is -2.42. The molecule has 0 aliphatic carbocycles. The maximum atomic E-state index is 11.2. The van der Waals surface area contributed by atoms with Crippen molar-refractivity contribution < 1.29 is 19.7 Å². The number of nitrogens with one attached hydrogen (secondary N) is 2. The van der Waals surface area contributed by atoms with Gasteiger partial charge in [-0.15, -0.1) is 13.2 Å². The molecule has 0 aromatic rings. The molecule has 2 rings (SSSR count). The van der Waals surface area contributed by atoms with E-state index in [9.17, 15) is 15.0 Å². The number of urea groups is 1. The van der Waals surface area contributed by atoms with Crippen molar-refractivity contribution in [3.63, 3.8) is 0 Å². The molecule has 6 nitrogen and oxygen atoms in total. The van der Waals surface area contributed by atoms with E-state index in [1.807, 2.05) is 0 Å². The number of carbonyl (C=O) groups excluding carboxylic acids is 1. The van der Waals surface area contributed by atoms with E-state index in [0.717, 1.165) is 6.16 Å². The lowest BCUT2D eigenvalue weighted by atomic mass is 9.92. The number of carbonyl (C=O) groups is 1. The second-order valence-electron chi connectivity index (χ2n) is 6.87. The van der Waals surface area contributed by atoms with E-state index >= 15 is 0 Å². The van der Waals surface area contributed by atoms with Crippen LogP contribution in [0.2, 0.25) is 0 Å². The van der Waals surface area contributed by atoms with Crippen LogP contribution in [0.5, 0.6) is 0 Å². The van der Waals surface area contributed by atoms with Crippen molar-refractivity contribution in [3.05, 3.63) is 24.0 Å². The summed E-state index contributed by atoms with van der Waals surface area (Å²) in [6.45, 7) is 8.56. The van der Waals surface area contributed by atoms with Crippen LogP contribution in [0.15, 0.2) is 24.0 Å². The molecule has 0 aromatic heterocycles. The van der Waals surface area contributed by atoms with Gasteiger partial charge in [0.1, 0.15) is 18.3 Å². The fraction of sp³-hybridized carbons (Fsp3) is 0.600. The number of amides is 2. The van der Waals surface area contributed by atoms with E-state index in [1.54, 1.807) is 6.92 Å². The average Bonchev–Trinajstić information content (AvgIpc) is 2.61. The summed E-state index contributed by atoms with van der Waals surface area (Å²) in [6.07, 6.45) is 4.29. The highest BCUT2D eigenvalue weighted by Gasteiger charge is 2.52. The zero-order valence-corrected chi connectivity index (χ0v) is 14.2. The van der Waals surface area contributed by atoms with Crippen molar-refractivity contribution >= 4 is 19.2 Å². The van der Waals surface area contributed by atoms with E-state index < -0.39 is 30.8 Å². The molecular weight excluding hydrogens is 303 g/mol. The third kappa shape index (κ3) is 3.46. The Balaban J connectivity index is 2.18. The Bertz CT molecular complexity index is 568. The van der Waals surface area contributed by atoms with Gasteiger partial charge in [-0.1, -0.05) is 6.58 Å². The highest BCUT2D eigenvalue weighted by molar-refractivity contribution is 7.72. The number of ether oxygens (including phenoxy) is 1. The van der Waals surface area contributed by atoms with E-state index in [2.05, 4.69) is 36.8 Å². The minimum Gasteiger partial charge on any atom is -0.387 e. The zero-order chi connectivity index (χ0) is 16.7. The van der Waals surface area contributed by atoms with Crippen molar-refractivity contribution in [3.8, 4) is 0 Å². The van der Waals surface area contributed by atoms with E-state index in [1.165, 1.54) is 6.20 Å². The Kier molecular flexibility index (Phi) is 4.60. The summed E-state index contributed by atoms with van der Waals surface area (Å²) in [7, 11) is 0. The smallest absolute Gasteiger partial charge is 0.323 e. The van der Waals surface area contributed by atoms with Crippen LogP contribution in [0, 0.1) is 0 Å². The van der Waals surface area contributed by atoms with Crippen molar-refractivity contribution in [2.75, 3.05) is 19.5 Å². The Morgan fingerprint density at radius 1 is 1.45 bits per heavy atom. The van der Waals surface area contributed by atoms with Crippen LogP contribution in [0.1, 0.15) is 13.3 Å². The van der Waals surface area contributed by atoms with Crippen molar-refractivity contribution in [1.29, 1.82) is 0 Å². The van der Waals surface area contributed by atoms with Gasteiger partial charge in [0, 0.05) is 17.5 Å². The average molecular weight is 328 g/mol. The van der Waals surface area contributed by atoms with Gasteiger partial charge in [-0.25, -0.2) is 4.79 Å². The van der Waals surface area contributed by atoms with Crippen LogP contribution in [0.4, 0.5) is 4.79 Å². The van der Waals surface area contributed by atoms with E-state index in [-0.39, 0.29) is 6.03 Å². The number of aliphatic hydroxyl groups excluding tert-OH is 2. The first kappa shape index (κ1) is 17.3. The SMILES string of the molecule is C=C1NC(=O)NC=C1[C@@H]1O[C@](C)(CCP(=C)(C)C)[C@@H](O)C1O. The van der Waals surface area contributed by atoms with Crippen LogP contribution in [-0.2, 0) is 4.74 Å². The molecule has 0 radical (unpaired) electrons. The van der Waals surface area contributed by atoms with Gasteiger partial charge in [0.2, 0.25) is 0 Å². The second-order valence-corrected chi connectivity index (χ2v) is 11.2. The molecular formula is C15H25N2O4P. The van der Waals surface area contributed by atoms with Crippen molar-refractivity contribution in [2.24, 2.45) is 0 Å². The Morgan fingerprint density at radius 2 is 2.09 bits per heavy atom. The topological polar surface area (TPSA) is 90.8 Å². The second kappa shape index (κ2) is 5.85. The van der Waals surface area contributed by atoms with Gasteiger partial charge in [0.25, 0.3) is 0 Å². The molecule has 2 aliphatic heterocycles. The summed E-state index contributed by atoms with van der Waals surface area (Å²) in [5.41, 5.74) is 0.0644. The maximum absolute atomic E-state index is 11.2. The molecule has 2 heterocycles. The zero-order valence-electron chi connectivity index (χ0n) is 13.3. The van der Waals surface area contributed by atoms with Crippen molar-refractivity contribution in [1.82, 2.24) is 10.6 Å². The van der Waals surface area contributed by atoms with Crippen LogP contribution < -0.4 is 10.6 Å². The van der Waals surface area contributed by atoms with Gasteiger partial charge >= 0.3 is 6.03 Å². The number of rotatable bonds is 4. The first-order valence-electron chi connectivity index (χ1n) is 7.22. The molecule has 1 unspecified atom stereocenters. The largest absolute Gasteiger partial charge is 0.387 e. The molecule has 0 aromatic carbocycles. The summed E-state index contributed by atoms with van der Waals surface area (Å²) in [4.78, 5) is 11.2. The van der Waals surface area contributed by atoms with E-state index in [4.69, 9.17) is 4.74 Å². The number of aliphatic hydroxyl groups is 2. The lowest BCUT2D eigenvalue weighted by Gasteiger charge is -2.30. The third-order valence-electron chi connectivity index (χ3n) is 4.15. The van der Waals surface area contributed by atoms with Gasteiger partial charge in [0.15, 0.2) is 0 Å². The lowest BCUT2D eigenvalue weighted by molar-refractivity contribution is -0.0634. The van der Waals surface area contributed by atoms with Crippen molar-refractivity contribution in [2.45, 2.75) is 37.3 Å². The number of hydrogen-bond acceptors (Lipinski definition) is 4. The molecule has 2 aliphatic rings. The summed E-state index contributed by atoms with van der Waals surface area (Å²) < 4.78 is 5.98. The van der Waals surface area contributed by atoms with Gasteiger partial charge in [-0.05, 0) is 32.8 Å². The molecule has 4 N–H and O–H groups in total. The minimum absolute atomic E-state index is 0.370. The first-order chi connectivity index (χ1) is 10.0. The van der Waals surface area contributed by atoms with Crippen LogP contribution in [0.25, 0.3) is 0 Å². The summed E-state index contributed by atoms with van der Waals surface area (Å²) in [5, 5.41) is 25.8. The third-order valence-corrected chi connectivity index (χ3v) is 5.58. The van der Waals surface area contributed by atoms with Gasteiger partial charge in [-0.2, -0.15) is 0 Å². The molecule has 2 amide bonds. The summed E-state index contributed by atoms with van der Waals surface area (Å²) >= 11 is 0. The predicted octanol–water partition coefficient (Wildman–Crippen LogP) is 0.675. The molecule has 7 heteroatoms. The van der Waals surface area contributed by atoms with Gasteiger partial charge in [-0.3, -0.25) is 0 Å². The Labute approximate surface area is 131 Å². The van der Waals surface area contributed by atoms with Crippen LogP contribution in [-0.4, -0.2) is 65.9 Å². The molecule has 0 spiro atoms. The molecule has 0 saturated carbocycles. The Hall–Kier alpha value is -1.07. The molecule has 1 saturated heterocycles. The highest BCUT2D eigenvalue weighted by atomic mass is 31.2. The van der Waals surface area contributed by atoms with Gasteiger partial charge < -0.3 is 25.6 Å². The maximum Gasteiger partial charge on any atom is 0.323 e. The van der Waals surface area contributed by atoms with Gasteiger partial charge in [0.05, 0.1) is 5.60 Å². The first-order valence-corrected chi connectivity index (χ1v) is 10.3. The Morgan fingerprint density at radius 3 is 2.64 bits per heavy atom. The minimum atomic E-state index is -1.25. The molecule has 0 bridgehead atoms. The van der Waals surface area contributed by atoms with Crippen LogP contribution in [0.3, 0.4) is 0 Å². The predicted molar refractivity (Wildman–Crippen MR) is 89.6 cm³/mol. The van der Waals surface area contributed by atoms with Crippen LogP contribution >= 0.6 is 6.89 Å². The molecule has 124 valence electrons. The highest BCUT2D eigenvalue weighted by Crippen LogP contribution is 2.43. The number of hydrogen-bond donors (Lipinski definition) is 4. The quantitative estimate of drug-likeness (QED) is 0.571. The summed E-state index contributed by atoms with van der Waals surface area (Å²) in [6, 6.07) is -0.381.